The van der Waals surface area contributed by atoms with Gasteiger partial charge in [0.15, 0.2) is 0 Å². The highest BCUT2D eigenvalue weighted by molar-refractivity contribution is 7.89. The second-order valence-electron chi connectivity index (χ2n) is 6.19. The van der Waals surface area contributed by atoms with Crippen LogP contribution in [0.1, 0.15) is 57.6 Å². The molecule has 0 spiro atoms. The van der Waals surface area contributed by atoms with Crippen LogP contribution >= 0.6 is 0 Å². The fourth-order valence-electron chi connectivity index (χ4n) is 3.22. The van der Waals surface area contributed by atoms with Crippen LogP contribution in [-0.2, 0) is 10.0 Å². The topological polar surface area (TPSA) is 72.2 Å². The largest absolute Gasteiger partial charge is 0.307 e. The second-order valence-corrected chi connectivity index (χ2v) is 7.75. The minimum atomic E-state index is -3.64. The number of nitrogens with two attached hydrogens (primary N) is 1. The van der Waals surface area contributed by atoms with Crippen LogP contribution in [0.15, 0.2) is 29.2 Å². The van der Waals surface area contributed by atoms with Crippen molar-refractivity contribution < 1.29 is 8.42 Å². The summed E-state index contributed by atoms with van der Waals surface area (Å²) in [6.45, 7) is 4.30. The van der Waals surface area contributed by atoms with Crippen LogP contribution in [-0.4, -0.2) is 14.5 Å². The zero-order valence-corrected chi connectivity index (χ0v) is 13.7. The van der Waals surface area contributed by atoms with E-state index in [4.69, 9.17) is 5.14 Å². The van der Waals surface area contributed by atoms with E-state index in [0.29, 0.717) is 6.04 Å². The van der Waals surface area contributed by atoms with Gasteiger partial charge in [-0.2, -0.15) is 0 Å². The fraction of sp³-hybridized carbons (Fsp3) is 0.625. The quantitative estimate of drug-likeness (QED) is 0.878. The predicted molar refractivity (Wildman–Crippen MR) is 85.4 cm³/mol. The molecule has 118 valence electrons. The van der Waals surface area contributed by atoms with Gasteiger partial charge in [0, 0.05) is 12.1 Å². The van der Waals surface area contributed by atoms with Crippen molar-refractivity contribution in [3.63, 3.8) is 0 Å². The predicted octanol–water partition coefficient (Wildman–Crippen LogP) is 2.95. The monoisotopic (exact) mass is 310 g/mol. The van der Waals surface area contributed by atoms with Crippen molar-refractivity contribution in [3.05, 3.63) is 29.8 Å². The molecule has 0 amide bonds. The summed E-state index contributed by atoms with van der Waals surface area (Å²) < 4.78 is 22.9. The van der Waals surface area contributed by atoms with E-state index in [-0.39, 0.29) is 10.9 Å². The fourth-order valence-corrected chi connectivity index (χ4v) is 3.79. The van der Waals surface area contributed by atoms with E-state index in [2.05, 4.69) is 19.2 Å². The lowest BCUT2D eigenvalue weighted by atomic mass is 9.84. The number of benzene rings is 1. The molecule has 1 aromatic carbocycles. The highest BCUT2D eigenvalue weighted by Crippen LogP contribution is 2.28. The number of rotatable bonds is 5. The molecule has 0 radical (unpaired) electrons. The summed E-state index contributed by atoms with van der Waals surface area (Å²) in [4.78, 5) is 0.180. The Labute approximate surface area is 128 Å². The van der Waals surface area contributed by atoms with Crippen molar-refractivity contribution >= 4 is 10.0 Å². The van der Waals surface area contributed by atoms with Crippen LogP contribution in [0.4, 0.5) is 0 Å². The Hall–Kier alpha value is -0.910. The summed E-state index contributed by atoms with van der Waals surface area (Å²) in [5, 5.41) is 8.80. The van der Waals surface area contributed by atoms with Gasteiger partial charge in [0.25, 0.3) is 0 Å². The maximum atomic E-state index is 11.4. The van der Waals surface area contributed by atoms with Crippen LogP contribution in [0.2, 0.25) is 0 Å². The Morgan fingerprint density at radius 3 is 2.48 bits per heavy atom. The first-order chi connectivity index (χ1) is 9.88. The zero-order chi connectivity index (χ0) is 15.5. The maximum absolute atomic E-state index is 11.4. The van der Waals surface area contributed by atoms with Crippen molar-refractivity contribution in [2.24, 2.45) is 11.1 Å². The smallest absolute Gasteiger partial charge is 0.238 e. The molecule has 0 aromatic heterocycles. The molecular formula is C16H26N2O2S. The summed E-state index contributed by atoms with van der Waals surface area (Å²) in [7, 11) is -3.64. The standard InChI is InChI=1S/C16H26N2O2S/c1-12(14-7-4-3-5-8-14)18-13(2)15-9-6-10-16(11-15)21(17,19)20/h6,9-14,18H,3-5,7-8H2,1-2H3,(H2,17,19,20). The van der Waals surface area contributed by atoms with Gasteiger partial charge in [0.05, 0.1) is 4.90 Å². The molecule has 1 aromatic rings. The Morgan fingerprint density at radius 1 is 1.19 bits per heavy atom. The van der Waals surface area contributed by atoms with E-state index >= 15 is 0 Å². The molecular weight excluding hydrogens is 284 g/mol. The molecule has 0 aliphatic heterocycles. The van der Waals surface area contributed by atoms with Crippen LogP contribution in [0.5, 0.6) is 0 Å². The summed E-state index contributed by atoms with van der Waals surface area (Å²) in [5.74, 6) is 0.725. The molecule has 1 fully saturated rings. The molecule has 5 heteroatoms. The Morgan fingerprint density at radius 2 is 1.86 bits per heavy atom. The molecule has 4 nitrogen and oxygen atoms in total. The minimum absolute atomic E-state index is 0.114. The van der Waals surface area contributed by atoms with Crippen LogP contribution in [0.25, 0.3) is 0 Å². The summed E-state index contributed by atoms with van der Waals surface area (Å²) in [6, 6.07) is 7.46. The van der Waals surface area contributed by atoms with Gasteiger partial charge in [-0.3, -0.25) is 0 Å². The van der Waals surface area contributed by atoms with E-state index in [1.807, 2.05) is 6.07 Å². The highest BCUT2D eigenvalue weighted by atomic mass is 32.2. The van der Waals surface area contributed by atoms with Crippen molar-refractivity contribution in [1.82, 2.24) is 5.32 Å². The van der Waals surface area contributed by atoms with Gasteiger partial charge in [0.1, 0.15) is 0 Å². The van der Waals surface area contributed by atoms with E-state index in [9.17, 15) is 8.42 Å². The van der Waals surface area contributed by atoms with Crippen LogP contribution < -0.4 is 10.5 Å². The third-order valence-electron chi connectivity index (χ3n) is 4.56. The van der Waals surface area contributed by atoms with Gasteiger partial charge in [0.2, 0.25) is 10.0 Å². The molecule has 2 unspecified atom stereocenters. The molecule has 2 rings (SSSR count). The van der Waals surface area contributed by atoms with Crippen LogP contribution in [0, 0.1) is 5.92 Å². The van der Waals surface area contributed by atoms with E-state index in [1.165, 1.54) is 38.2 Å². The SMILES string of the molecule is CC(NC(C)C1CCCCC1)c1cccc(S(N)(=O)=O)c1. The first-order valence-electron chi connectivity index (χ1n) is 7.77. The zero-order valence-electron chi connectivity index (χ0n) is 12.9. The van der Waals surface area contributed by atoms with E-state index in [0.717, 1.165) is 11.5 Å². The molecule has 1 saturated carbocycles. The Kier molecular flexibility index (Phi) is 5.41. The van der Waals surface area contributed by atoms with Crippen molar-refractivity contribution in [3.8, 4) is 0 Å². The third-order valence-corrected chi connectivity index (χ3v) is 5.47. The van der Waals surface area contributed by atoms with Gasteiger partial charge in [-0.25, -0.2) is 13.6 Å². The van der Waals surface area contributed by atoms with Crippen molar-refractivity contribution in [2.45, 2.75) is 62.9 Å². The highest BCUT2D eigenvalue weighted by Gasteiger charge is 2.21. The Balaban J connectivity index is 2.04. The van der Waals surface area contributed by atoms with E-state index < -0.39 is 10.0 Å². The van der Waals surface area contributed by atoms with Gasteiger partial charge in [-0.15, -0.1) is 0 Å². The van der Waals surface area contributed by atoms with Crippen molar-refractivity contribution in [2.75, 3.05) is 0 Å². The lowest BCUT2D eigenvalue weighted by Crippen LogP contribution is -2.36. The normalized spacial score (nSPS) is 20.1. The molecule has 21 heavy (non-hydrogen) atoms. The molecule has 0 heterocycles. The molecule has 1 aliphatic rings. The average Bonchev–Trinajstić information content (AvgIpc) is 2.47. The number of hydrogen-bond donors (Lipinski definition) is 2. The average molecular weight is 310 g/mol. The van der Waals surface area contributed by atoms with Gasteiger partial charge < -0.3 is 5.32 Å². The molecule has 3 N–H and O–H groups in total. The maximum Gasteiger partial charge on any atom is 0.238 e. The number of primary sulfonamides is 1. The lowest BCUT2D eigenvalue weighted by Gasteiger charge is -2.31. The molecule has 0 bridgehead atoms. The second kappa shape index (κ2) is 6.90. The molecule has 1 aliphatic carbocycles. The third kappa shape index (κ3) is 4.53. The van der Waals surface area contributed by atoms with Crippen molar-refractivity contribution in [1.29, 1.82) is 0 Å². The summed E-state index contributed by atoms with van der Waals surface area (Å²) in [6.07, 6.45) is 6.59. The van der Waals surface area contributed by atoms with E-state index in [1.54, 1.807) is 12.1 Å². The summed E-state index contributed by atoms with van der Waals surface area (Å²) >= 11 is 0. The first kappa shape index (κ1) is 16.5. The molecule has 2 atom stereocenters. The number of nitrogens with one attached hydrogen (secondary N) is 1. The Bertz CT molecular complexity index is 565. The molecule has 0 saturated heterocycles. The minimum Gasteiger partial charge on any atom is -0.307 e. The first-order valence-corrected chi connectivity index (χ1v) is 9.31. The van der Waals surface area contributed by atoms with Crippen LogP contribution in [0.3, 0.4) is 0 Å². The summed E-state index contributed by atoms with van der Waals surface area (Å²) in [5.41, 5.74) is 0.962. The van der Waals surface area contributed by atoms with Gasteiger partial charge in [-0.05, 0) is 50.3 Å². The van der Waals surface area contributed by atoms with Gasteiger partial charge >= 0.3 is 0 Å². The lowest BCUT2D eigenvalue weighted by molar-refractivity contribution is 0.268. The number of sulfonamides is 1. The number of hydrogen-bond acceptors (Lipinski definition) is 3. The van der Waals surface area contributed by atoms with Gasteiger partial charge in [-0.1, -0.05) is 31.4 Å².